The summed E-state index contributed by atoms with van der Waals surface area (Å²) in [5.41, 5.74) is 0.975. The van der Waals surface area contributed by atoms with Crippen molar-refractivity contribution < 1.29 is 35.2 Å². The number of likely N-dealkylation sites (tertiary alicyclic amines) is 2. The lowest BCUT2D eigenvalue weighted by Gasteiger charge is -2.37. The fraction of sp³-hybridized carbons (Fsp3) is 0.389. The summed E-state index contributed by atoms with van der Waals surface area (Å²) in [5, 5.41) is 3.26. The van der Waals surface area contributed by atoms with Gasteiger partial charge in [0.2, 0.25) is 0 Å². The van der Waals surface area contributed by atoms with E-state index in [2.05, 4.69) is 5.32 Å². The highest BCUT2D eigenvalue weighted by Crippen LogP contribution is 2.37. The van der Waals surface area contributed by atoms with E-state index in [4.69, 9.17) is 4.98 Å². The lowest BCUT2D eigenvalue weighted by molar-refractivity contribution is -0.137. The molecule has 4 aromatic rings. The molecular formula is C36H37F5N4O3S. The molecule has 0 saturated carbocycles. The number of halogens is 5. The van der Waals surface area contributed by atoms with Crippen LogP contribution >= 0.6 is 0 Å². The van der Waals surface area contributed by atoms with Crippen LogP contribution in [0.1, 0.15) is 59.3 Å². The number of sulfone groups is 1. The highest BCUT2D eigenvalue weighted by Gasteiger charge is 2.41. The second-order valence-corrected chi connectivity index (χ2v) is 15.0. The van der Waals surface area contributed by atoms with Crippen LogP contribution in [0, 0.1) is 0 Å². The minimum Gasteiger partial charge on any atom is -0.345 e. The Hall–Kier alpha value is -3.94. The van der Waals surface area contributed by atoms with Crippen LogP contribution in [-0.4, -0.2) is 73.5 Å². The minimum absolute atomic E-state index is 0.0332. The fourth-order valence-electron chi connectivity index (χ4n) is 6.84. The summed E-state index contributed by atoms with van der Waals surface area (Å²) < 4.78 is 94.9. The molecule has 2 aliphatic rings. The Morgan fingerprint density at radius 2 is 1.71 bits per heavy atom. The summed E-state index contributed by atoms with van der Waals surface area (Å²) in [6.07, 6.45) is -2.55. The van der Waals surface area contributed by atoms with Gasteiger partial charge in [-0.05, 0) is 68.8 Å². The number of fused-ring (bicyclic) bond motifs is 1. The molecular weight excluding hydrogens is 663 g/mol. The molecule has 6 rings (SSSR count). The molecule has 3 aromatic carbocycles. The quantitative estimate of drug-likeness (QED) is 0.197. The molecule has 49 heavy (non-hydrogen) atoms. The molecule has 0 spiro atoms. The van der Waals surface area contributed by atoms with Gasteiger partial charge < -0.3 is 5.32 Å². The zero-order valence-corrected chi connectivity index (χ0v) is 27.9. The van der Waals surface area contributed by atoms with E-state index in [9.17, 15) is 35.2 Å². The SMILES string of the molecule is CC(NC(=O)c1c(CN2CCC(N3CCC(F)(F)C3)CC2)c(-c2cccc(C(F)(F)F)c2)nc2ccc(S(C)(=O)=O)cc12)c1ccccc1. The summed E-state index contributed by atoms with van der Waals surface area (Å²) >= 11 is 0. The number of carbonyl (C=O) groups excluding carboxylic acids is 1. The minimum atomic E-state index is -4.63. The van der Waals surface area contributed by atoms with Gasteiger partial charge in [-0.15, -0.1) is 0 Å². The Bertz CT molecular complexity index is 1960. The van der Waals surface area contributed by atoms with Gasteiger partial charge in [0.05, 0.1) is 39.8 Å². The molecule has 2 fully saturated rings. The summed E-state index contributed by atoms with van der Waals surface area (Å²) in [6, 6.07) is 17.7. The third kappa shape index (κ3) is 7.79. The maximum atomic E-state index is 14.4. The summed E-state index contributed by atoms with van der Waals surface area (Å²) in [6.45, 7) is 2.95. The molecule has 260 valence electrons. The number of nitrogens with one attached hydrogen (secondary N) is 1. The molecule has 7 nitrogen and oxygen atoms in total. The molecule has 1 amide bonds. The van der Waals surface area contributed by atoms with Gasteiger partial charge in [0.15, 0.2) is 9.84 Å². The van der Waals surface area contributed by atoms with Crippen molar-refractivity contribution in [2.45, 2.75) is 61.8 Å². The van der Waals surface area contributed by atoms with E-state index >= 15 is 0 Å². The van der Waals surface area contributed by atoms with Crippen LogP contribution in [0.25, 0.3) is 22.2 Å². The van der Waals surface area contributed by atoms with Gasteiger partial charge in [-0.25, -0.2) is 22.2 Å². The largest absolute Gasteiger partial charge is 0.416 e. The molecule has 0 radical (unpaired) electrons. The van der Waals surface area contributed by atoms with Crippen molar-refractivity contribution in [1.29, 1.82) is 0 Å². The lowest BCUT2D eigenvalue weighted by Crippen LogP contribution is -2.44. The highest BCUT2D eigenvalue weighted by atomic mass is 32.2. The predicted octanol–water partition coefficient (Wildman–Crippen LogP) is 7.12. The van der Waals surface area contributed by atoms with Crippen LogP contribution in [0.5, 0.6) is 0 Å². The number of aromatic nitrogens is 1. The number of pyridine rings is 1. The smallest absolute Gasteiger partial charge is 0.345 e. The number of piperidine rings is 1. The zero-order chi connectivity index (χ0) is 35.1. The van der Waals surface area contributed by atoms with Gasteiger partial charge in [0.25, 0.3) is 11.8 Å². The Kier molecular flexibility index (Phi) is 9.55. The van der Waals surface area contributed by atoms with E-state index < -0.39 is 39.4 Å². The molecule has 3 heterocycles. The first kappa shape index (κ1) is 34.9. The van der Waals surface area contributed by atoms with E-state index in [0.717, 1.165) is 24.0 Å². The normalized spacial score (nSPS) is 18.5. The van der Waals surface area contributed by atoms with Gasteiger partial charge in [-0.3, -0.25) is 14.6 Å². The Morgan fingerprint density at radius 3 is 2.35 bits per heavy atom. The van der Waals surface area contributed by atoms with E-state index in [1.165, 1.54) is 30.3 Å². The van der Waals surface area contributed by atoms with Crippen molar-refractivity contribution in [3.63, 3.8) is 0 Å². The fourth-order valence-corrected chi connectivity index (χ4v) is 7.49. The first-order valence-electron chi connectivity index (χ1n) is 16.1. The van der Waals surface area contributed by atoms with Gasteiger partial charge in [-0.2, -0.15) is 13.2 Å². The summed E-state index contributed by atoms with van der Waals surface area (Å²) in [7, 11) is -3.70. The molecule has 0 bridgehead atoms. The predicted molar refractivity (Wildman–Crippen MR) is 177 cm³/mol. The van der Waals surface area contributed by atoms with Gasteiger partial charge in [0, 0.05) is 48.3 Å². The first-order valence-corrected chi connectivity index (χ1v) is 18.0. The van der Waals surface area contributed by atoms with Crippen molar-refractivity contribution in [1.82, 2.24) is 20.1 Å². The number of rotatable bonds is 8. The second-order valence-electron chi connectivity index (χ2n) is 13.0. The number of alkyl halides is 5. The van der Waals surface area contributed by atoms with Crippen molar-refractivity contribution in [2.75, 3.05) is 32.4 Å². The number of benzene rings is 3. The molecule has 1 unspecified atom stereocenters. The average Bonchev–Trinajstić information content (AvgIpc) is 3.43. The molecule has 2 aliphatic heterocycles. The van der Waals surface area contributed by atoms with E-state index in [1.807, 2.05) is 40.1 Å². The van der Waals surface area contributed by atoms with E-state index in [-0.39, 0.29) is 58.2 Å². The van der Waals surface area contributed by atoms with Crippen molar-refractivity contribution in [2.24, 2.45) is 0 Å². The molecule has 0 aliphatic carbocycles. The van der Waals surface area contributed by atoms with Crippen LogP contribution in [0.15, 0.2) is 77.7 Å². The highest BCUT2D eigenvalue weighted by molar-refractivity contribution is 7.90. The number of carbonyl (C=O) groups is 1. The van der Waals surface area contributed by atoms with Gasteiger partial charge in [0.1, 0.15) is 0 Å². The Balaban J connectivity index is 1.47. The summed E-state index contributed by atoms with van der Waals surface area (Å²) in [5.74, 6) is -3.25. The lowest BCUT2D eigenvalue weighted by atomic mass is 9.93. The molecule has 2 saturated heterocycles. The number of hydrogen-bond donors (Lipinski definition) is 1. The van der Waals surface area contributed by atoms with Crippen LogP contribution in [0.2, 0.25) is 0 Å². The molecule has 1 atom stereocenters. The summed E-state index contributed by atoms with van der Waals surface area (Å²) in [4.78, 5) is 23.0. The molecule has 13 heteroatoms. The third-order valence-electron chi connectivity index (χ3n) is 9.48. The molecule has 1 aromatic heterocycles. The van der Waals surface area contributed by atoms with E-state index in [0.29, 0.717) is 38.0 Å². The van der Waals surface area contributed by atoms with Gasteiger partial charge >= 0.3 is 6.18 Å². The Morgan fingerprint density at radius 1 is 1.00 bits per heavy atom. The standard InChI is InChI=1S/C36H37F5N4O3S/c1-23(24-7-4-3-5-8-24)42-34(46)32-29-20-28(49(2,47)48)11-12-31(29)43-33(25-9-6-10-26(19-25)36(39,40)41)30(32)21-44-16-13-27(14-17-44)45-18-15-35(37,38)22-45/h3-12,19-20,23,27H,13-18,21-22H2,1-2H3,(H,42,46). The first-order chi connectivity index (χ1) is 23.1. The number of amides is 1. The van der Waals surface area contributed by atoms with Gasteiger partial charge in [-0.1, -0.05) is 42.5 Å². The van der Waals surface area contributed by atoms with Crippen LogP contribution in [-0.2, 0) is 22.6 Å². The van der Waals surface area contributed by atoms with Crippen molar-refractivity contribution in [3.05, 3.63) is 95.1 Å². The van der Waals surface area contributed by atoms with E-state index in [1.54, 1.807) is 6.92 Å². The average molecular weight is 701 g/mol. The third-order valence-corrected chi connectivity index (χ3v) is 10.6. The van der Waals surface area contributed by atoms with Crippen molar-refractivity contribution in [3.8, 4) is 11.3 Å². The maximum absolute atomic E-state index is 14.4. The van der Waals surface area contributed by atoms with Crippen LogP contribution in [0.3, 0.4) is 0 Å². The van der Waals surface area contributed by atoms with Crippen molar-refractivity contribution >= 4 is 26.6 Å². The topological polar surface area (TPSA) is 82.6 Å². The Labute approximate surface area is 282 Å². The number of hydrogen-bond acceptors (Lipinski definition) is 6. The maximum Gasteiger partial charge on any atom is 0.416 e. The van der Waals surface area contributed by atoms with Crippen LogP contribution < -0.4 is 5.32 Å². The molecule has 1 N–H and O–H groups in total. The zero-order valence-electron chi connectivity index (χ0n) is 27.1. The monoisotopic (exact) mass is 700 g/mol. The van der Waals surface area contributed by atoms with Crippen LogP contribution in [0.4, 0.5) is 22.0 Å². The second kappa shape index (κ2) is 13.4. The number of nitrogens with zero attached hydrogens (tertiary/aromatic N) is 3.